The predicted octanol–water partition coefficient (Wildman–Crippen LogP) is 3.70. The molecule has 0 fully saturated rings. The zero-order chi connectivity index (χ0) is 22.3. The lowest BCUT2D eigenvalue weighted by atomic mass is 10.1. The van der Waals surface area contributed by atoms with E-state index in [1.165, 1.54) is 47.7 Å². The molecule has 0 aliphatic rings. The molecule has 0 bridgehead atoms. The second kappa shape index (κ2) is 10.7. The maximum Gasteiger partial charge on any atom is 0.225 e. The molecule has 0 saturated heterocycles. The average Bonchev–Trinajstić information content (AvgIpc) is 2.79. The Hall–Kier alpha value is -2.99. The molecule has 0 amide bonds. The van der Waals surface area contributed by atoms with Crippen LogP contribution >= 0.6 is 7.80 Å². The Kier molecular flexibility index (Phi) is 8.30. The predicted molar refractivity (Wildman–Crippen MR) is 113 cm³/mol. The molecule has 0 aliphatic heterocycles. The number of ether oxygens (including phenoxy) is 5. The van der Waals surface area contributed by atoms with Gasteiger partial charge in [-0.15, -0.1) is 0 Å². The van der Waals surface area contributed by atoms with Crippen LogP contribution in [0, 0.1) is 0 Å². The van der Waals surface area contributed by atoms with Gasteiger partial charge < -0.3 is 28.2 Å². The van der Waals surface area contributed by atoms with Crippen LogP contribution in [0.25, 0.3) is 0 Å². The van der Waals surface area contributed by atoms with Crippen molar-refractivity contribution in [3.8, 4) is 28.7 Å². The van der Waals surface area contributed by atoms with Crippen LogP contribution in [0.1, 0.15) is 27.1 Å². The van der Waals surface area contributed by atoms with E-state index in [0.29, 0.717) is 22.8 Å². The fraction of sp³-hybridized carbons (Fsp3) is 0.333. The fourth-order valence-corrected chi connectivity index (χ4v) is 4.08. The molecule has 30 heavy (non-hydrogen) atoms. The third-order valence-electron chi connectivity index (χ3n) is 4.48. The van der Waals surface area contributed by atoms with Crippen LogP contribution < -0.4 is 23.7 Å². The smallest absolute Gasteiger partial charge is 0.225 e. The number of hydrogen-bond donors (Lipinski definition) is 0. The van der Waals surface area contributed by atoms with E-state index < -0.39 is 13.3 Å². The summed E-state index contributed by atoms with van der Waals surface area (Å²) in [6.45, 7) is 0. The standard InChI is InChI=1S/C21H25O8P/c1-25-13-6-7-15(17(10-13)27-3)16(22)8-9-30(24)21(23)20-18(28-4)11-14(26-2)12-19(20)29-5/h6-7,10-12,30H,8-9H2,1-5H3. The summed E-state index contributed by atoms with van der Waals surface area (Å²) in [5.74, 6) is 1.43. The number of methoxy groups -OCH3 is 5. The first-order valence-corrected chi connectivity index (χ1v) is 10.6. The molecule has 9 heteroatoms. The number of ketones is 1. The Bertz CT molecular complexity index is 929. The normalized spacial score (nSPS) is 11.4. The molecule has 162 valence electrons. The molecule has 0 aromatic heterocycles. The van der Waals surface area contributed by atoms with Crippen molar-refractivity contribution in [2.75, 3.05) is 41.7 Å². The molecule has 0 heterocycles. The molecule has 0 radical (unpaired) electrons. The van der Waals surface area contributed by atoms with Crippen LogP contribution in [0.4, 0.5) is 0 Å². The SMILES string of the molecule is COc1ccc(C(=O)CC[PH](=O)C(=O)c2c(OC)cc(OC)cc2OC)c(OC)c1. The molecule has 0 N–H and O–H groups in total. The highest BCUT2D eigenvalue weighted by Crippen LogP contribution is 2.40. The number of Topliss-reactive ketones (excluding diaryl/α,β-unsaturated/α-hetero) is 1. The highest BCUT2D eigenvalue weighted by Gasteiger charge is 2.25. The number of carbonyl (C=O) groups excluding carboxylic acids is 2. The molecule has 0 aliphatic carbocycles. The van der Waals surface area contributed by atoms with Crippen LogP contribution in [-0.2, 0) is 4.57 Å². The zero-order valence-corrected chi connectivity index (χ0v) is 18.6. The molecule has 1 atom stereocenters. The van der Waals surface area contributed by atoms with Crippen LogP contribution in [0.3, 0.4) is 0 Å². The number of carbonyl (C=O) groups is 2. The summed E-state index contributed by atoms with van der Waals surface area (Å²) in [5, 5.41) is 0. The lowest BCUT2D eigenvalue weighted by Gasteiger charge is -2.14. The second-order valence-corrected chi connectivity index (χ2v) is 7.95. The van der Waals surface area contributed by atoms with Gasteiger partial charge in [0.15, 0.2) is 5.78 Å². The monoisotopic (exact) mass is 436 g/mol. The molecule has 2 aromatic carbocycles. The highest BCUT2D eigenvalue weighted by molar-refractivity contribution is 7.64. The summed E-state index contributed by atoms with van der Waals surface area (Å²) in [6, 6.07) is 7.83. The van der Waals surface area contributed by atoms with Gasteiger partial charge in [0.25, 0.3) is 0 Å². The highest BCUT2D eigenvalue weighted by atomic mass is 31.1. The molecular formula is C21H25O8P. The summed E-state index contributed by atoms with van der Waals surface area (Å²) in [7, 11) is 4.39. The van der Waals surface area contributed by atoms with Gasteiger partial charge >= 0.3 is 0 Å². The van der Waals surface area contributed by atoms with Crippen molar-refractivity contribution in [3.05, 3.63) is 41.5 Å². The molecule has 0 saturated carbocycles. The van der Waals surface area contributed by atoms with Gasteiger partial charge in [-0.2, -0.15) is 0 Å². The van der Waals surface area contributed by atoms with Crippen molar-refractivity contribution in [2.45, 2.75) is 6.42 Å². The first kappa shape index (κ1) is 23.3. The minimum atomic E-state index is -2.81. The lowest BCUT2D eigenvalue weighted by Crippen LogP contribution is -2.07. The molecule has 2 rings (SSSR count). The molecule has 8 nitrogen and oxygen atoms in total. The first-order chi connectivity index (χ1) is 14.4. The van der Waals surface area contributed by atoms with Crippen LogP contribution in [0.5, 0.6) is 28.7 Å². The summed E-state index contributed by atoms with van der Waals surface area (Å²) in [4.78, 5) is 25.4. The Morgan fingerprint density at radius 3 is 1.80 bits per heavy atom. The lowest BCUT2D eigenvalue weighted by molar-refractivity contribution is 0.0986. The summed E-state index contributed by atoms with van der Waals surface area (Å²) >= 11 is 0. The molecule has 0 spiro atoms. The van der Waals surface area contributed by atoms with Crippen molar-refractivity contribution in [1.82, 2.24) is 0 Å². The van der Waals surface area contributed by atoms with Crippen LogP contribution in [0.2, 0.25) is 0 Å². The first-order valence-electron chi connectivity index (χ1n) is 9.02. The third-order valence-corrected chi connectivity index (χ3v) is 5.94. The van der Waals surface area contributed by atoms with E-state index in [0.717, 1.165) is 0 Å². The number of hydrogen-bond acceptors (Lipinski definition) is 8. The molecular weight excluding hydrogens is 411 g/mol. The molecule has 2 aromatic rings. The Morgan fingerprint density at radius 1 is 0.767 bits per heavy atom. The maximum absolute atomic E-state index is 12.8. The van der Waals surface area contributed by atoms with Gasteiger partial charge in [-0.05, 0) is 12.1 Å². The minimum absolute atomic E-state index is 0.0687. The summed E-state index contributed by atoms with van der Waals surface area (Å²) < 4.78 is 38.7. The Labute approximate surface area is 175 Å². The number of rotatable bonds is 11. The van der Waals surface area contributed by atoms with E-state index in [-0.39, 0.29) is 35.4 Å². The summed E-state index contributed by atoms with van der Waals surface area (Å²) in [6.07, 6.45) is -0.164. The van der Waals surface area contributed by atoms with Gasteiger partial charge in [0.05, 0.1) is 41.1 Å². The van der Waals surface area contributed by atoms with E-state index in [1.54, 1.807) is 18.2 Å². The van der Waals surface area contributed by atoms with Gasteiger partial charge in [0, 0.05) is 30.8 Å². The van der Waals surface area contributed by atoms with Gasteiger partial charge in [0.1, 0.15) is 42.1 Å². The van der Waals surface area contributed by atoms with E-state index in [2.05, 4.69) is 0 Å². The van der Waals surface area contributed by atoms with Crippen molar-refractivity contribution < 1.29 is 37.8 Å². The Morgan fingerprint density at radius 2 is 1.30 bits per heavy atom. The van der Waals surface area contributed by atoms with E-state index >= 15 is 0 Å². The Balaban J connectivity index is 2.19. The maximum atomic E-state index is 12.8. The van der Waals surface area contributed by atoms with E-state index in [4.69, 9.17) is 23.7 Å². The fourth-order valence-electron chi connectivity index (χ4n) is 2.87. The van der Waals surface area contributed by atoms with Gasteiger partial charge in [0.2, 0.25) is 5.52 Å². The van der Waals surface area contributed by atoms with E-state index in [1.807, 2.05) is 0 Å². The zero-order valence-electron chi connectivity index (χ0n) is 17.6. The van der Waals surface area contributed by atoms with Crippen molar-refractivity contribution in [3.63, 3.8) is 0 Å². The number of benzene rings is 2. The van der Waals surface area contributed by atoms with E-state index in [9.17, 15) is 14.2 Å². The van der Waals surface area contributed by atoms with Crippen molar-refractivity contribution >= 4 is 19.1 Å². The molecule has 1 unspecified atom stereocenters. The van der Waals surface area contributed by atoms with Crippen molar-refractivity contribution in [1.29, 1.82) is 0 Å². The topological polar surface area (TPSA) is 97.4 Å². The third kappa shape index (κ3) is 5.13. The minimum Gasteiger partial charge on any atom is -0.497 e. The largest absolute Gasteiger partial charge is 0.497 e. The quantitative estimate of drug-likeness (QED) is 0.389. The van der Waals surface area contributed by atoms with Gasteiger partial charge in [-0.3, -0.25) is 9.59 Å². The second-order valence-electron chi connectivity index (χ2n) is 6.15. The van der Waals surface area contributed by atoms with Crippen molar-refractivity contribution in [2.24, 2.45) is 0 Å². The summed E-state index contributed by atoms with van der Waals surface area (Å²) in [5.41, 5.74) is -0.217. The van der Waals surface area contributed by atoms with Crippen LogP contribution in [0.15, 0.2) is 30.3 Å². The van der Waals surface area contributed by atoms with Gasteiger partial charge in [-0.1, -0.05) is 0 Å². The van der Waals surface area contributed by atoms with Gasteiger partial charge in [-0.25, -0.2) is 0 Å². The average molecular weight is 436 g/mol. The van der Waals surface area contributed by atoms with Crippen LogP contribution in [-0.4, -0.2) is 53.0 Å².